The monoisotopic (exact) mass is 297 g/mol. The first-order valence-electron chi connectivity index (χ1n) is 6.37. The zero-order chi connectivity index (χ0) is 15.2. The summed E-state index contributed by atoms with van der Waals surface area (Å²) in [6.07, 6.45) is 0. The second kappa shape index (κ2) is 6.82. The van der Waals surface area contributed by atoms with Gasteiger partial charge in [-0.1, -0.05) is 6.07 Å². The normalized spacial score (nSPS) is 9.90. The van der Waals surface area contributed by atoms with E-state index in [1.54, 1.807) is 24.3 Å². The zero-order valence-electron chi connectivity index (χ0n) is 11.6. The van der Waals surface area contributed by atoms with Crippen LogP contribution in [-0.4, -0.2) is 11.7 Å². The number of hydrogen-bond donors (Lipinski definition) is 2. The number of carbonyl (C=O) groups is 1. The van der Waals surface area contributed by atoms with E-state index >= 15 is 0 Å². The number of nitrogens with zero attached hydrogens (tertiary/aromatic N) is 1. The summed E-state index contributed by atoms with van der Waals surface area (Å²) in [5.41, 5.74) is 8.78. The standard InChI is InChI=1S/C16H15N3OS/c1-11-2-5-13(18)8-15(11)21-10-16(20)19-14-6-3-12(9-17)4-7-14/h2-8H,10,18H2,1H3,(H,19,20). The van der Waals surface area contributed by atoms with Crippen LogP contribution in [0.2, 0.25) is 0 Å². The lowest BCUT2D eigenvalue weighted by molar-refractivity contribution is -0.113. The van der Waals surface area contributed by atoms with Crippen molar-refractivity contribution in [1.29, 1.82) is 5.26 Å². The van der Waals surface area contributed by atoms with E-state index in [1.165, 1.54) is 11.8 Å². The van der Waals surface area contributed by atoms with Gasteiger partial charge in [0.15, 0.2) is 0 Å². The highest BCUT2D eigenvalue weighted by Crippen LogP contribution is 2.24. The van der Waals surface area contributed by atoms with Gasteiger partial charge in [-0.25, -0.2) is 0 Å². The summed E-state index contributed by atoms with van der Waals surface area (Å²) in [5, 5.41) is 11.5. The average molecular weight is 297 g/mol. The number of nitrogens with two attached hydrogens (primary N) is 1. The maximum Gasteiger partial charge on any atom is 0.234 e. The van der Waals surface area contributed by atoms with Gasteiger partial charge in [0.05, 0.1) is 17.4 Å². The van der Waals surface area contributed by atoms with E-state index in [1.807, 2.05) is 31.2 Å². The van der Waals surface area contributed by atoms with Gasteiger partial charge in [-0.2, -0.15) is 5.26 Å². The molecule has 0 radical (unpaired) electrons. The van der Waals surface area contributed by atoms with E-state index in [0.717, 1.165) is 10.5 Å². The second-order valence-electron chi connectivity index (χ2n) is 4.55. The molecule has 0 saturated carbocycles. The van der Waals surface area contributed by atoms with Crippen LogP contribution < -0.4 is 11.1 Å². The number of nitriles is 1. The molecule has 2 rings (SSSR count). The molecular weight excluding hydrogens is 282 g/mol. The lowest BCUT2D eigenvalue weighted by atomic mass is 10.2. The first-order valence-corrected chi connectivity index (χ1v) is 7.36. The molecule has 5 heteroatoms. The zero-order valence-corrected chi connectivity index (χ0v) is 12.4. The van der Waals surface area contributed by atoms with Crippen LogP contribution in [0.25, 0.3) is 0 Å². The predicted octanol–water partition coefficient (Wildman–Crippen LogP) is 3.18. The number of rotatable bonds is 4. The molecule has 21 heavy (non-hydrogen) atoms. The van der Waals surface area contributed by atoms with Crippen molar-refractivity contribution in [1.82, 2.24) is 0 Å². The summed E-state index contributed by atoms with van der Waals surface area (Å²) in [6, 6.07) is 14.5. The summed E-state index contributed by atoms with van der Waals surface area (Å²) in [6.45, 7) is 1.99. The number of hydrogen-bond acceptors (Lipinski definition) is 4. The third-order valence-electron chi connectivity index (χ3n) is 2.87. The van der Waals surface area contributed by atoms with E-state index in [9.17, 15) is 4.79 Å². The van der Waals surface area contributed by atoms with Crippen molar-refractivity contribution in [2.45, 2.75) is 11.8 Å². The molecule has 0 aliphatic carbocycles. The number of amides is 1. The van der Waals surface area contributed by atoms with E-state index in [0.29, 0.717) is 22.7 Å². The van der Waals surface area contributed by atoms with Gasteiger partial charge in [-0.3, -0.25) is 4.79 Å². The van der Waals surface area contributed by atoms with Crippen LogP contribution in [0.5, 0.6) is 0 Å². The minimum absolute atomic E-state index is 0.0912. The molecule has 106 valence electrons. The Morgan fingerprint density at radius 3 is 2.67 bits per heavy atom. The molecule has 0 aliphatic rings. The predicted molar refractivity (Wildman–Crippen MR) is 86.1 cm³/mol. The molecular formula is C16H15N3OS. The van der Waals surface area contributed by atoms with Crippen LogP contribution in [0.3, 0.4) is 0 Å². The Labute approximate surface area is 128 Å². The maximum atomic E-state index is 11.9. The van der Waals surface area contributed by atoms with Gasteiger partial charge in [-0.15, -0.1) is 11.8 Å². The van der Waals surface area contributed by atoms with Gasteiger partial charge in [0.1, 0.15) is 0 Å². The van der Waals surface area contributed by atoms with Crippen LogP contribution in [-0.2, 0) is 4.79 Å². The van der Waals surface area contributed by atoms with Gasteiger partial charge >= 0.3 is 0 Å². The molecule has 0 spiro atoms. The van der Waals surface area contributed by atoms with Crippen molar-refractivity contribution < 1.29 is 4.79 Å². The first-order chi connectivity index (χ1) is 10.1. The fourth-order valence-electron chi connectivity index (χ4n) is 1.74. The number of nitrogens with one attached hydrogen (secondary N) is 1. The van der Waals surface area contributed by atoms with Gasteiger partial charge in [0.25, 0.3) is 0 Å². The molecule has 0 fully saturated rings. The van der Waals surface area contributed by atoms with Gasteiger partial charge in [0, 0.05) is 16.3 Å². The first kappa shape index (κ1) is 14.9. The van der Waals surface area contributed by atoms with Gasteiger partial charge < -0.3 is 11.1 Å². The second-order valence-corrected chi connectivity index (χ2v) is 5.57. The topological polar surface area (TPSA) is 78.9 Å². The molecule has 4 nitrogen and oxygen atoms in total. The third-order valence-corrected chi connectivity index (χ3v) is 4.03. The Morgan fingerprint density at radius 1 is 1.29 bits per heavy atom. The summed E-state index contributed by atoms with van der Waals surface area (Å²) < 4.78 is 0. The lowest BCUT2D eigenvalue weighted by Gasteiger charge is -2.08. The Balaban J connectivity index is 1.92. The van der Waals surface area contributed by atoms with Crippen molar-refractivity contribution in [3.63, 3.8) is 0 Å². The fourth-order valence-corrected chi connectivity index (χ4v) is 2.61. The molecule has 0 aromatic heterocycles. The highest BCUT2D eigenvalue weighted by Gasteiger charge is 2.06. The largest absolute Gasteiger partial charge is 0.399 e. The molecule has 0 saturated heterocycles. The van der Waals surface area contributed by atoms with Crippen LogP contribution in [0, 0.1) is 18.3 Å². The molecule has 0 atom stereocenters. The number of aryl methyl sites for hydroxylation is 1. The number of thioether (sulfide) groups is 1. The smallest absolute Gasteiger partial charge is 0.234 e. The lowest BCUT2D eigenvalue weighted by Crippen LogP contribution is -2.14. The van der Waals surface area contributed by atoms with Crippen LogP contribution in [0.4, 0.5) is 11.4 Å². The van der Waals surface area contributed by atoms with Gasteiger partial charge in [-0.05, 0) is 48.9 Å². The number of nitrogen functional groups attached to an aromatic ring is 1. The van der Waals surface area contributed by atoms with E-state index in [2.05, 4.69) is 5.32 Å². The molecule has 2 aromatic rings. The highest BCUT2D eigenvalue weighted by molar-refractivity contribution is 8.00. The van der Waals surface area contributed by atoms with Crippen molar-refractivity contribution in [3.05, 3.63) is 53.6 Å². The molecule has 0 aliphatic heterocycles. The molecule has 1 amide bonds. The minimum atomic E-state index is -0.0912. The SMILES string of the molecule is Cc1ccc(N)cc1SCC(=O)Nc1ccc(C#N)cc1. The number of benzene rings is 2. The average Bonchev–Trinajstić information content (AvgIpc) is 2.49. The summed E-state index contributed by atoms with van der Waals surface area (Å²) in [7, 11) is 0. The summed E-state index contributed by atoms with van der Waals surface area (Å²) in [4.78, 5) is 12.9. The Morgan fingerprint density at radius 2 is 2.00 bits per heavy atom. The van der Waals surface area contributed by atoms with E-state index in [-0.39, 0.29) is 5.91 Å². The van der Waals surface area contributed by atoms with Crippen LogP contribution in [0.1, 0.15) is 11.1 Å². The number of anilines is 2. The Hall–Kier alpha value is -2.45. The van der Waals surface area contributed by atoms with Crippen molar-refractivity contribution in [2.75, 3.05) is 16.8 Å². The molecule has 3 N–H and O–H groups in total. The van der Waals surface area contributed by atoms with E-state index < -0.39 is 0 Å². The summed E-state index contributed by atoms with van der Waals surface area (Å²) >= 11 is 1.45. The molecule has 0 heterocycles. The number of carbonyl (C=O) groups excluding carboxylic acids is 1. The Bertz CT molecular complexity index is 690. The van der Waals surface area contributed by atoms with Crippen molar-refractivity contribution >= 4 is 29.0 Å². The maximum absolute atomic E-state index is 11.9. The van der Waals surface area contributed by atoms with Gasteiger partial charge in [0.2, 0.25) is 5.91 Å². The fraction of sp³-hybridized carbons (Fsp3) is 0.125. The van der Waals surface area contributed by atoms with Crippen molar-refractivity contribution in [3.8, 4) is 6.07 Å². The summed E-state index contributed by atoms with van der Waals surface area (Å²) in [5.74, 6) is 0.219. The minimum Gasteiger partial charge on any atom is -0.399 e. The molecule has 2 aromatic carbocycles. The molecule has 0 unspecified atom stereocenters. The molecule has 0 bridgehead atoms. The highest BCUT2D eigenvalue weighted by atomic mass is 32.2. The van der Waals surface area contributed by atoms with Crippen molar-refractivity contribution in [2.24, 2.45) is 0 Å². The van der Waals surface area contributed by atoms with Crippen LogP contribution >= 0.6 is 11.8 Å². The van der Waals surface area contributed by atoms with Crippen LogP contribution in [0.15, 0.2) is 47.4 Å². The quantitative estimate of drug-likeness (QED) is 0.671. The van der Waals surface area contributed by atoms with E-state index in [4.69, 9.17) is 11.0 Å². The third kappa shape index (κ3) is 4.26. The Kier molecular flexibility index (Phi) is 4.85.